The number of carbonyl (C=O) groups is 2. The summed E-state index contributed by atoms with van der Waals surface area (Å²) < 4.78 is 11.3. The van der Waals surface area contributed by atoms with Crippen LogP contribution in [-0.2, 0) is 22.4 Å². The third-order valence-electron chi connectivity index (χ3n) is 4.09. The minimum absolute atomic E-state index is 0.0893. The van der Waals surface area contributed by atoms with Gasteiger partial charge >= 0.3 is 5.97 Å². The largest absolute Gasteiger partial charge is 0.461 e. The zero-order valence-electron chi connectivity index (χ0n) is 13.3. The van der Waals surface area contributed by atoms with E-state index in [0.29, 0.717) is 18.7 Å². The number of aryl methyl sites for hydroxylation is 2. The molecule has 1 aromatic carbocycles. The minimum atomic E-state index is -0.285. The van der Waals surface area contributed by atoms with Crippen LogP contribution in [0, 0.1) is 0 Å². The topological polar surface area (TPSA) is 68.5 Å². The number of rotatable bonds is 5. The molecule has 2 aromatic rings. The molecule has 1 N–H and O–H groups in total. The summed E-state index contributed by atoms with van der Waals surface area (Å²) in [7, 11) is 0. The molecule has 1 aromatic heterocycles. The molecule has 1 aliphatic rings. The monoisotopic (exact) mass is 315 g/mol. The molecule has 0 bridgehead atoms. The van der Waals surface area contributed by atoms with Crippen LogP contribution in [0.5, 0.6) is 5.75 Å². The molecule has 5 nitrogen and oxygen atoms in total. The normalized spacial score (nSPS) is 13.6. The van der Waals surface area contributed by atoms with E-state index in [1.807, 2.05) is 12.1 Å². The average Bonchev–Trinajstić information content (AvgIpc) is 2.89. The fourth-order valence-electron chi connectivity index (χ4n) is 2.98. The van der Waals surface area contributed by atoms with E-state index in [2.05, 4.69) is 5.32 Å². The third kappa shape index (κ3) is 3.73. The molecule has 0 aliphatic heterocycles. The zero-order chi connectivity index (χ0) is 16.2. The lowest BCUT2D eigenvalue weighted by Gasteiger charge is -2.09. The molecule has 1 heterocycles. The molecule has 0 fully saturated rings. The highest BCUT2D eigenvalue weighted by atomic mass is 16.5. The Morgan fingerprint density at radius 2 is 2.09 bits per heavy atom. The van der Waals surface area contributed by atoms with Crippen molar-refractivity contribution < 1.29 is 18.7 Å². The maximum atomic E-state index is 11.9. The summed E-state index contributed by atoms with van der Waals surface area (Å²) in [6.07, 6.45) is 5.21. The number of ether oxygens (including phenoxy) is 1. The highest BCUT2D eigenvalue weighted by Gasteiger charge is 2.18. The Labute approximate surface area is 135 Å². The van der Waals surface area contributed by atoms with Crippen molar-refractivity contribution >= 4 is 22.8 Å². The van der Waals surface area contributed by atoms with E-state index in [1.54, 1.807) is 6.07 Å². The van der Waals surface area contributed by atoms with E-state index < -0.39 is 0 Å². The lowest BCUT2D eigenvalue weighted by atomic mass is 9.96. The summed E-state index contributed by atoms with van der Waals surface area (Å²) in [6.45, 7) is 1.94. The zero-order valence-corrected chi connectivity index (χ0v) is 13.3. The van der Waals surface area contributed by atoms with Crippen LogP contribution in [0.2, 0.25) is 0 Å². The first-order valence-corrected chi connectivity index (χ1v) is 8.13. The summed E-state index contributed by atoms with van der Waals surface area (Å²) in [6, 6.07) is 5.53. The standard InChI is InChI=1S/C18H21NO4/c1-12(20)19-10-4-7-18(21)22-13-8-9-17-15(11-13)14-5-2-3-6-16(14)23-17/h8-9,11H,2-7,10H2,1H3,(H,19,20). The molecule has 1 aliphatic carbocycles. The lowest BCUT2D eigenvalue weighted by molar-refractivity contribution is -0.134. The van der Waals surface area contributed by atoms with Gasteiger partial charge in [-0.1, -0.05) is 0 Å². The summed E-state index contributed by atoms with van der Waals surface area (Å²) >= 11 is 0. The molecular weight excluding hydrogens is 294 g/mol. The number of hydrogen-bond acceptors (Lipinski definition) is 4. The summed E-state index contributed by atoms with van der Waals surface area (Å²) in [5.74, 6) is 1.25. The molecule has 0 radical (unpaired) electrons. The van der Waals surface area contributed by atoms with Crippen LogP contribution in [0.1, 0.15) is 43.9 Å². The van der Waals surface area contributed by atoms with Gasteiger partial charge in [-0.3, -0.25) is 9.59 Å². The van der Waals surface area contributed by atoms with Crippen molar-refractivity contribution in [3.05, 3.63) is 29.5 Å². The van der Waals surface area contributed by atoms with Gasteiger partial charge in [-0.05, 0) is 43.9 Å². The third-order valence-corrected chi connectivity index (χ3v) is 4.09. The Bertz CT molecular complexity index is 732. The summed E-state index contributed by atoms with van der Waals surface area (Å²) in [4.78, 5) is 22.6. The van der Waals surface area contributed by atoms with Gasteiger partial charge in [0.2, 0.25) is 5.91 Å². The second-order valence-electron chi connectivity index (χ2n) is 5.93. The molecule has 122 valence electrons. The van der Waals surface area contributed by atoms with Gasteiger partial charge in [0, 0.05) is 37.3 Å². The molecule has 0 unspecified atom stereocenters. The molecule has 5 heteroatoms. The van der Waals surface area contributed by atoms with Gasteiger partial charge in [-0.15, -0.1) is 0 Å². The van der Waals surface area contributed by atoms with Gasteiger partial charge in [0.05, 0.1) is 0 Å². The van der Waals surface area contributed by atoms with Crippen LogP contribution in [0.25, 0.3) is 11.0 Å². The van der Waals surface area contributed by atoms with Crippen molar-refractivity contribution in [2.75, 3.05) is 6.54 Å². The highest BCUT2D eigenvalue weighted by Crippen LogP contribution is 2.33. The number of nitrogens with one attached hydrogen (secondary N) is 1. The number of benzene rings is 1. The first kappa shape index (κ1) is 15.6. The summed E-state index contributed by atoms with van der Waals surface area (Å²) in [5, 5.41) is 3.72. The van der Waals surface area contributed by atoms with Crippen molar-refractivity contribution in [2.24, 2.45) is 0 Å². The molecule has 1 amide bonds. The van der Waals surface area contributed by atoms with Crippen LogP contribution in [0.4, 0.5) is 0 Å². The number of esters is 1. The number of furan rings is 1. The predicted octanol–water partition coefficient (Wildman–Crippen LogP) is 3.13. The summed E-state index contributed by atoms with van der Waals surface area (Å²) in [5.41, 5.74) is 2.12. The van der Waals surface area contributed by atoms with Gasteiger partial charge in [-0.2, -0.15) is 0 Å². The van der Waals surface area contributed by atoms with E-state index in [9.17, 15) is 9.59 Å². The number of amides is 1. The van der Waals surface area contributed by atoms with Crippen molar-refractivity contribution in [2.45, 2.75) is 45.4 Å². The Morgan fingerprint density at radius 3 is 2.91 bits per heavy atom. The van der Waals surface area contributed by atoms with E-state index in [-0.39, 0.29) is 18.3 Å². The molecule has 0 atom stereocenters. The molecule has 23 heavy (non-hydrogen) atoms. The second kappa shape index (κ2) is 6.86. The van der Waals surface area contributed by atoms with Gasteiger partial charge in [0.1, 0.15) is 17.1 Å². The fourth-order valence-corrected chi connectivity index (χ4v) is 2.98. The van der Waals surface area contributed by atoms with E-state index in [1.165, 1.54) is 25.3 Å². The number of carbonyl (C=O) groups excluding carboxylic acids is 2. The van der Waals surface area contributed by atoms with Crippen molar-refractivity contribution in [1.29, 1.82) is 0 Å². The van der Waals surface area contributed by atoms with Crippen molar-refractivity contribution in [1.82, 2.24) is 5.32 Å². The predicted molar refractivity (Wildman–Crippen MR) is 86.4 cm³/mol. The van der Waals surface area contributed by atoms with Gasteiger partial charge in [-0.25, -0.2) is 0 Å². The van der Waals surface area contributed by atoms with Crippen LogP contribution in [0.15, 0.2) is 22.6 Å². The van der Waals surface area contributed by atoms with Gasteiger partial charge < -0.3 is 14.5 Å². The average molecular weight is 315 g/mol. The van der Waals surface area contributed by atoms with Gasteiger partial charge in [0.25, 0.3) is 0 Å². The van der Waals surface area contributed by atoms with Crippen molar-refractivity contribution in [3.63, 3.8) is 0 Å². The maximum absolute atomic E-state index is 11.9. The molecule has 3 rings (SSSR count). The quantitative estimate of drug-likeness (QED) is 0.523. The Morgan fingerprint density at radius 1 is 1.26 bits per heavy atom. The molecule has 0 spiro atoms. The van der Waals surface area contributed by atoms with Crippen LogP contribution >= 0.6 is 0 Å². The van der Waals surface area contributed by atoms with E-state index in [4.69, 9.17) is 9.15 Å². The first-order valence-electron chi connectivity index (χ1n) is 8.13. The Balaban J connectivity index is 1.64. The van der Waals surface area contributed by atoms with Crippen LogP contribution < -0.4 is 10.1 Å². The Kier molecular flexibility index (Phi) is 4.65. The van der Waals surface area contributed by atoms with E-state index >= 15 is 0 Å². The van der Waals surface area contributed by atoms with Crippen molar-refractivity contribution in [3.8, 4) is 5.75 Å². The maximum Gasteiger partial charge on any atom is 0.311 e. The fraction of sp³-hybridized carbons (Fsp3) is 0.444. The SMILES string of the molecule is CC(=O)NCCCC(=O)Oc1ccc2oc3c(c2c1)CCCC3. The molecular formula is C18H21NO4. The highest BCUT2D eigenvalue weighted by molar-refractivity contribution is 5.85. The minimum Gasteiger partial charge on any atom is -0.461 e. The Hall–Kier alpha value is -2.30. The number of hydrogen-bond donors (Lipinski definition) is 1. The smallest absolute Gasteiger partial charge is 0.311 e. The van der Waals surface area contributed by atoms with E-state index in [0.717, 1.165) is 29.6 Å². The number of fused-ring (bicyclic) bond motifs is 3. The molecule has 0 saturated heterocycles. The molecule has 0 saturated carbocycles. The lowest BCUT2D eigenvalue weighted by Crippen LogP contribution is -2.22. The van der Waals surface area contributed by atoms with Gasteiger partial charge in [0.15, 0.2) is 0 Å². The first-order chi connectivity index (χ1) is 11.1. The van der Waals surface area contributed by atoms with Crippen LogP contribution in [0.3, 0.4) is 0 Å². The second-order valence-corrected chi connectivity index (χ2v) is 5.93. The van der Waals surface area contributed by atoms with Crippen LogP contribution in [-0.4, -0.2) is 18.4 Å².